The van der Waals surface area contributed by atoms with Gasteiger partial charge in [-0.1, -0.05) is 25.5 Å². The van der Waals surface area contributed by atoms with E-state index in [4.69, 9.17) is 0 Å². The molecule has 2 fully saturated rings. The number of nitrogens with zero attached hydrogens (tertiary/aromatic N) is 3. The van der Waals surface area contributed by atoms with Crippen LogP contribution >= 0.6 is 0 Å². The van der Waals surface area contributed by atoms with Crippen LogP contribution in [0.3, 0.4) is 0 Å². The molecular formula is C19H25N3O. The number of unbranched alkanes of at least 4 members (excludes halogenated alkanes) is 1. The number of para-hydroxylation sites is 1. The normalized spacial score (nSPS) is 23.5. The molecule has 122 valence electrons. The molecule has 1 aromatic carbocycles. The van der Waals surface area contributed by atoms with E-state index in [2.05, 4.69) is 22.8 Å². The van der Waals surface area contributed by atoms with Gasteiger partial charge in [0, 0.05) is 38.0 Å². The van der Waals surface area contributed by atoms with Gasteiger partial charge in [0.15, 0.2) is 0 Å². The van der Waals surface area contributed by atoms with Gasteiger partial charge in [0.25, 0.3) is 0 Å². The smallest absolute Gasteiger partial charge is 0.222 e. The number of anilines is 1. The monoisotopic (exact) mass is 311 g/mol. The van der Waals surface area contributed by atoms with E-state index in [0.717, 1.165) is 63.1 Å². The molecule has 0 aliphatic carbocycles. The lowest BCUT2D eigenvalue weighted by molar-refractivity contribution is -0.130. The fourth-order valence-corrected chi connectivity index (χ4v) is 3.95. The highest BCUT2D eigenvalue weighted by Gasteiger charge is 2.44. The molecule has 0 saturated carbocycles. The Hall–Kier alpha value is -2.02. The SMILES string of the molecule is CCCCC(=O)N1CCC2(CCN(c3ccccc3C#N)C2)C1. The number of nitriles is 1. The van der Waals surface area contributed by atoms with Gasteiger partial charge in [0.05, 0.1) is 11.3 Å². The lowest BCUT2D eigenvalue weighted by Crippen LogP contribution is -2.34. The first-order chi connectivity index (χ1) is 11.2. The second-order valence-electron chi connectivity index (χ2n) is 6.97. The maximum atomic E-state index is 12.3. The largest absolute Gasteiger partial charge is 0.370 e. The Morgan fingerprint density at radius 1 is 1.26 bits per heavy atom. The number of hydrogen-bond acceptors (Lipinski definition) is 3. The van der Waals surface area contributed by atoms with E-state index >= 15 is 0 Å². The first-order valence-corrected chi connectivity index (χ1v) is 8.69. The summed E-state index contributed by atoms with van der Waals surface area (Å²) in [5.74, 6) is 0.319. The summed E-state index contributed by atoms with van der Waals surface area (Å²) in [5.41, 5.74) is 2.02. The van der Waals surface area contributed by atoms with Crippen molar-refractivity contribution in [2.24, 2.45) is 5.41 Å². The quantitative estimate of drug-likeness (QED) is 0.858. The van der Waals surface area contributed by atoms with Crippen LogP contribution in [0.5, 0.6) is 0 Å². The lowest BCUT2D eigenvalue weighted by Gasteiger charge is -2.26. The molecule has 3 rings (SSSR count). The summed E-state index contributed by atoms with van der Waals surface area (Å²) >= 11 is 0. The van der Waals surface area contributed by atoms with E-state index in [0.29, 0.717) is 12.3 Å². The highest BCUT2D eigenvalue weighted by Crippen LogP contribution is 2.41. The van der Waals surface area contributed by atoms with Gasteiger partial charge in [-0.3, -0.25) is 4.79 Å². The zero-order valence-electron chi connectivity index (χ0n) is 13.9. The maximum absolute atomic E-state index is 12.3. The van der Waals surface area contributed by atoms with Crippen molar-refractivity contribution in [2.75, 3.05) is 31.1 Å². The maximum Gasteiger partial charge on any atom is 0.222 e. The van der Waals surface area contributed by atoms with Crippen molar-refractivity contribution < 1.29 is 4.79 Å². The zero-order chi connectivity index (χ0) is 16.3. The molecule has 1 atom stereocenters. The Bertz CT molecular complexity index is 621. The predicted octanol–water partition coefficient (Wildman–Crippen LogP) is 3.18. The number of rotatable bonds is 4. The van der Waals surface area contributed by atoms with Gasteiger partial charge >= 0.3 is 0 Å². The van der Waals surface area contributed by atoms with E-state index in [1.165, 1.54) is 0 Å². The van der Waals surface area contributed by atoms with Crippen molar-refractivity contribution in [3.8, 4) is 6.07 Å². The molecule has 2 aliphatic rings. The third-order valence-corrected chi connectivity index (χ3v) is 5.34. The summed E-state index contributed by atoms with van der Waals surface area (Å²) in [4.78, 5) is 16.7. The van der Waals surface area contributed by atoms with Crippen LogP contribution < -0.4 is 4.90 Å². The number of likely N-dealkylation sites (tertiary alicyclic amines) is 1. The van der Waals surface area contributed by atoms with Crippen LogP contribution in [-0.2, 0) is 4.79 Å². The molecule has 1 unspecified atom stereocenters. The van der Waals surface area contributed by atoms with Gasteiger partial charge in [-0.15, -0.1) is 0 Å². The molecule has 4 heteroatoms. The van der Waals surface area contributed by atoms with Gasteiger partial charge in [-0.25, -0.2) is 0 Å². The topological polar surface area (TPSA) is 47.3 Å². The molecule has 0 aromatic heterocycles. The molecule has 4 nitrogen and oxygen atoms in total. The summed E-state index contributed by atoms with van der Waals surface area (Å²) in [6, 6.07) is 10.1. The van der Waals surface area contributed by atoms with E-state index in [-0.39, 0.29) is 5.41 Å². The summed E-state index contributed by atoms with van der Waals surface area (Å²) < 4.78 is 0. The summed E-state index contributed by atoms with van der Waals surface area (Å²) in [5, 5.41) is 9.30. The van der Waals surface area contributed by atoms with E-state index in [9.17, 15) is 10.1 Å². The molecule has 1 aromatic rings. The minimum atomic E-state index is 0.227. The van der Waals surface area contributed by atoms with Crippen LogP contribution in [0.2, 0.25) is 0 Å². The molecule has 2 heterocycles. The molecule has 2 saturated heterocycles. The average molecular weight is 311 g/mol. The minimum absolute atomic E-state index is 0.227. The lowest BCUT2D eigenvalue weighted by atomic mass is 9.86. The fourth-order valence-electron chi connectivity index (χ4n) is 3.95. The van der Waals surface area contributed by atoms with Crippen molar-refractivity contribution >= 4 is 11.6 Å². The van der Waals surface area contributed by atoms with E-state index in [1.54, 1.807) is 0 Å². The van der Waals surface area contributed by atoms with Gasteiger partial charge in [0.2, 0.25) is 5.91 Å². The summed E-state index contributed by atoms with van der Waals surface area (Å²) in [7, 11) is 0. The number of hydrogen-bond donors (Lipinski definition) is 0. The van der Waals surface area contributed by atoms with Crippen LogP contribution in [0.4, 0.5) is 5.69 Å². The third-order valence-electron chi connectivity index (χ3n) is 5.34. The van der Waals surface area contributed by atoms with Crippen molar-refractivity contribution in [3.05, 3.63) is 29.8 Å². The molecule has 1 amide bonds. The Kier molecular flexibility index (Phi) is 4.56. The van der Waals surface area contributed by atoms with Crippen LogP contribution in [0, 0.1) is 16.7 Å². The second kappa shape index (κ2) is 6.62. The number of benzene rings is 1. The molecule has 0 N–H and O–H groups in total. The predicted molar refractivity (Wildman–Crippen MR) is 91.1 cm³/mol. The first-order valence-electron chi connectivity index (χ1n) is 8.69. The number of carbonyl (C=O) groups is 1. The minimum Gasteiger partial charge on any atom is -0.370 e. The average Bonchev–Trinajstić information content (AvgIpc) is 3.20. The zero-order valence-corrected chi connectivity index (χ0v) is 13.9. The van der Waals surface area contributed by atoms with E-state index < -0.39 is 0 Å². The number of carbonyl (C=O) groups excluding carboxylic acids is 1. The van der Waals surface area contributed by atoms with Gasteiger partial charge in [-0.2, -0.15) is 5.26 Å². The van der Waals surface area contributed by atoms with Crippen molar-refractivity contribution in [1.29, 1.82) is 5.26 Å². The van der Waals surface area contributed by atoms with Gasteiger partial charge in [0.1, 0.15) is 6.07 Å². The summed E-state index contributed by atoms with van der Waals surface area (Å²) in [6.07, 6.45) is 4.96. The van der Waals surface area contributed by atoms with Crippen LogP contribution in [0.25, 0.3) is 0 Å². The second-order valence-corrected chi connectivity index (χ2v) is 6.97. The molecule has 23 heavy (non-hydrogen) atoms. The molecule has 0 radical (unpaired) electrons. The van der Waals surface area contributed by atoms with Crippen LogP contribution in [-0.4, -0.2) is 37.0 Å². The van der Waals surface area contributed by atoms with Gasteiger partial charge in [-0.05, 0) is 31.4 Å². The molecular weight excluding hydrogens is 286 g/mol. The van der Waals surface area contributed by atoms with Crippen LogP contribution in [0.1, 0.15) is 44.6 Å². The van der Waals surface area contributed by atoms with Gasteiger partial charge < -0.3 is 9.80 Å². The Balaban J connectivity index is 1.66. The van der Waals surface area contributed by atoms with E-state index in [1.807, 2.05) is 24.3 Å². The van der Waals surface area contributed by atoms with Crippen molar-refractivity contribution in [3.63, 3.8) is 0 Å². The number of amides is 1. The first kappa shape index (κ1) is 15.9. The standard InChI is InChI=1S/C19H25N3O/c1-2-3-8-18(23)22-12-10-19(15-22)9-11-21(14-19)17-7-5-4-6-16(17)13-20/h4-7H,2-3,8-12,14-15H2,1H3. The molecule has 2 aliphatic heterocycles. The van der Waals surface area contributed by atoms with Crippen LogP contribution in [0.15, 0.2) is 24.3 Å². The van der Waals surface area contributed by atoms with Crippen molar-refractivity contribution in [2.45, 2.75) is 39.0 Å². The molecule has 1 spiro atoms. The Morgan fingerprint density at radius 3 is 2.83 bits per heavy atom. The highest BCUT2D eigenvalue weighted by atomic mass is 16.2. The highest BCUT2D eigenvalue weighted by molar-refractivity contribution is 5.76. The third kappa shape index (κ3) is 3.19. The summed E-state index contributed by atoms with van der Waals surface area (Å²) in [6.45, 7) is 5.86. The molecule has 0 bridgehead atoms. The Labute approximate surface area is 138 Å². The fraction of sp³-hybridized carbons (Fsp3) is 0.579. The van der Waals surface area contributed by atoms with Crippen molar-refractivity contribution in [1.82, 2.24) is 4.90 Å². The Morgan fingerprint density at radius 2 is 2.04 bits per heavy atom.